The third kappa shape index (κ3) is 4.99. The Bertz CT molecular complexity index is 286. The zero-order valence-corrected chi connectivity index (χ0v) is 11.9. The second kappa shape index (κ2) is 7.10. The maximum Gasteiger partial charge on any atom is 0.315 e. The first-order chi connectivity index (χ1) is 9.19. The van der Waals surface area contributed by atoms with Crippen molar-refractivity contribution >= 4 is 6.03 Å². The number of nitrogens with one attached hydrogen (secondary N) is 2. The average molecular weight is 269 g/mol. The molecule has 0 aromatic rings. The van der Waals surface area contributed by atoms with Gasteiger partial charge in [0.25, 0.3) is 0 Å². The minimum atomic E-state index is -0.0599. The van der Waals surface area contributed by atoms with Crippen LogP contribution in [-0.4, -0.2) is 53.9 Å². The number of carbonyl (C=O) groups excluding carboxylic acids is 1. The first kappa shape index (κ1) is 14.6. The van der Waals surface area contributed by atoms with E-state index in [1.54, 1.807) is 0 Å². The quantitative estimate of drug-likeness (QED) is 0.676. The molecule has 1 aliphatic heterocycles. The van der Waals surface area contributed by atoms with Gasteiger partial charge in [0.1, 0.15) is 0 Å². The number of urea groups is 1. The summed E-state index contributed by atoms with van der Waals surface area (Å²) >= 11 is 0. The van der Waals surface area contributed by atoms with Crippen molar-refractivity contribution < 1.29 is 9.90 Å². The van der Waals surface area contributed by atoms with E-state index in [1.807, 2.05) is 6.92 Å². The summed E-state index contributed by atoms with van der Waals surface area (Å²) in [4.78, 5) is 14.4. The highest BCUT2D eigenvalue weighted by Gasteiger charge is 2.32. The molecule has 19 heavy (non-hydrogen) atoms. The van der Waals surface area contributed by atoms with Crippen LogP contribution in [0.3, 0.4) is 0 Å². The number of likely N-dealkylation sites (tertiary alicyclic amines) is 1. The Morgan fingerprint density at radius 3 is 2.58 bits per heavy atom. The lowest BCUT2D eigenvalue weighted by atomic mass is 10.1. The minimum absolute atomic E-state index is 0.0599. The number of aliphatic hydroxyl groups is 1. The molecule has 1 heterocycles. The van der Waals surface area contributed by atoms with Crippen molar-refractivity contribution in [1.82, 2.24) is 15.5 Å². The van der Waals surface area contributed by atoms with Gasteiger partial charge in [-0.1, -0.05) is 0 Å². The molecule has 1 saturated heterocycles. The molecule has 0 radical (unpaired) electrons. The molecule has 2 fully saturated rings. The average Bonchev–Trinajstić information content (AvgIpc) is 3.21. The Balaban J connectivity index is 1.60. The number of carbonyl (C=O) groups is 1. The maximum atomic E-state index is 11.8. The molecule has 2 amide bonds. The highest BCUT2D eigenvalue weighted by atomic mass is 16.3. The lowest BCUT2D eigenvalue weighted by Crippen LogP contribution is -2.49. The fourth-order valence-electron chi connectivity index (χ4n) is 2.77. The van der Waals surface area contributed by atoms with Gasteiger partial charge in [-0.15, -0.1) is 0 Å². The molecule has 1 unspecified atom stereocenters. The molecule has 1 saturated carbocycles. The van der Waals surface area contributed by atoms with Crippen LogP contribution in [0.2, 0.25) is 0 Å². The molecule has 1 atom stereocenters. The standard InChI is InChI=1S/C14H27N3O2/c1-11(3-2-10-18)15-14(19)16-12-6-8-17(9-7-12)13-4-5-13/h11-13,18H,2-10H2,1H3,(H2,15,16,19). The van der Waals surface area contributed by atoms with Crippen molar-refractivity contribution in [2.24, 2.45) is 0 Å². The van der Waals surface area contributed by atoms with Gasteiger partial charge in [0, 0.05) is 37.8 Å². The summed E-state index contributed by atoms with van der Waals surface area (Å²) < 4.78 is 0. The summed E-state index contributed by atoms with van der Waals surface area (Å²) in [5.74, 6) is 0. The van der Waals surface area contributed by atoms with Crippen LogP contribution in [0.15, 0.2) is 0 Å². The van der Waals surface area contributed by atoms with E-state index >= 15 is 0 Å². The van der Waals surface area contributed by atoms with Crippen molar-refractivity contribution in [2.75, 3.05) is 19.7 Å². The third-order valence-electron chi connectivity index (χ3n) is 4.10. The van der Waals surface area contributed by atoms with Crippen LogP contribution in [-0.2, 0) is 0 Å². The normalized spacial score (nSPS) is 23.1. The number of rotatable bonds is 6. The lowest BCUT2D eigenvalue weighted by Gasteiger charge is -2.32. The minimum Gasteiger partial charge on any atom is -0.396 e. The summed E-state index contributed by atoms with van der Waals surface area (Å²) in [7, 11) is 0. The Kier molecular flexibility index (Phi) is 5.45. The van der Waals surface area contributed by atoms with Gasteiger partial charge in [-0.05, 0) is 45.4 Å². The number of aliphatic hydroxyl groups excluding tert-OH is 1. The van der Waals surface area contributed by atoms with E-state index in [9.17, 15) is 4.79 Å². The molecule has 0 bridgehead atoms. The summed E-state index contributed by atoms with van der Waals surface area (Å²) in [6.45, 7) is 4.41. The van der Waals surface area contributed by atoms with E-state index in [0.29, 0.717) is 6.04 Å². The maximum absolute atomic E-state index is 11.8. The number of hydrogen-bond acceptors (Lipinski definition) is 3. The Morgan fingerprint density at radius 2 is 2.00 bits per heavy atom. The molecule has 2 aliphatic rings. The van der Waals surface area contributed by atoms with E-state index in [4.69, 9.17) is 5.11 Å². The van der Waals surface area contributed by atoms with Gasteiger partial charge < -0.3 is 20.6 Å². The van der Waals surface area contributed by atoms with E-state index in [0.717, 1.165) is 44.8 Å². The van der Waals surface area contributed by atoms with Gasteiger partial charge in [0.2, 0.25) is 0 Å². The molecule has 5 nitrogen and oxygen atoms in total. The Morgan fingerprint density at radius 1 is 1.32 bits per heavy atom. The molecule has 0 aromatic heterocycles. The number of hydrogen-bond donors (Lipinski definition) is 3. The summed E-state index contributed by atoms with van der Waals surface area (Å²) in [6.07, 6.45) is 6.41. The van der Waals surface area contributed by atoms with Gasteiger partial charge in [-0.3, -0.25) is 0 Å². The van der Waals surface area contributed by atoms with E-state index < -0.39 is 0 Å². The lowest BCUT2D eigenvalue weighted by molar-refractivity contribution is 0.184. The van der Waals surface area contributed by atoms with Crippen LogP contribution in [0.4, 0.5) is 4.79 Å². The van der Waals surface area contributed by atoms with Gasteiger partial charge in [0.05, 0.1) is 0 Å². The molecule has 5 heteroatoms. The predicted octanol–water partition coefficient (Wildman–Crippen LogP) is 1.07. The van der Waals surface area contributed by atoms with Crippen molar-refractivity contribution in [2.45, 2.75) is 63.6 Å². The van der Waals surface area contributed by atoms with Crippen molar-refractivity contribution in [3.05, 3.63) is 0 Å². The SMILES string of the molecule is CC(CCCO)NC(=O)NC1CCN(C2CC2)CC1. The molecule has 0 aromatic carbocycles. The van der Waals surface area contributed by atoms with Crippen LogP contribution in [0.1, 0.15) is 45.4 Å². The number of piperidine rings is 1. The van der Waals surface area contributed by atoms with E-state index in [-0.39, 0.29) is 18.7 Å². The molecular formula is C14H27N3O2. The van der Waals surface area contributed by atoms with Gasteiger partial charge >= 0.3 is 6.03 Å². The van der Waals surface area contributed by atoms with Gasteiger partial charge in [-0.2, -0.15) is 0 Å². The molecular weight excluding hydrogens is 242 g/mol. The predicted molar refractivity (Wildman–Crippen MR) is 75.1 cm³/mol. The first-order valence-corrected chi connectivity index (χ1v) is 7.61. The zero-order chi connectivity index (χ0) is 13.7. The van der Waals surface area contributed by atoms with Crippen LogP contribution in [0, 0.1) is 0 Å². The third-order valence-corrected chi connectivity index (χ3v) is 4.10. The topological polar surface area (TPSA) is 64.6 Å². The van der Waals surface area contributed by atoms with Crippen molar-refractivity contribution in [1.29, 1.82) is 0 Å². The Hall–Kier alpha value is -0.810. The Labute approximate surface area is 115 Å². The molecule has 3 N–H and O–H groups in total. The highest BCUT2D eigenvalue weighted by Crippen LogP contribution is 2.29. The zero-order valence-electron chi connectivity index (χ0n) is 11.9. The molecule has 1 aliphatic carbocycles. The highest BCUT2D eigenvalue weighted by molar-refractivity contribution is 5.74. The van der Waals surface area contributed by atoms with E-state index in [1.165, 1.54) is 12.8 Å². The van der Waals surface area contributed by atoms with Crippen LogP contribution in [0.5, 0.6) is 0 Å². The smallest absolute Gasteiger partial charge is 0.315 e. The molecule has 110 valence electrons. The second-order valence-electron chi connectivity index (χ2n) is 5.93. The summed E-state index contributed by atoms with van der Waals surface area (Å²) in [6, 6.07) is 1.22. The van der Waals surface area contributed by atoms with Crippen LogP contribution in [0.25, 0.3) is 0 Å². The fraction of sp³-hybridized carbons (Fsp3) is 0.929. The molecule has 2 rings (SSSR count). The van der Waals surface area contributed by atoms with Crippen LogP contribution >= 0.6 is 0 Å². The largest absolute Gasteiger partial charge is 0.396 e. The van der Waals surface area contributed by atoms with E-state index in [2.05, 4.69) is 15.5 Å². The summed E-state index contributed by atoms with van der Waals surface area (Å²) in [5.41, 5.74) is 0. The van der Waals surface area contributed by atoms with Crippen molar-refractivity contribution in [3.8, 4) is 0 Å². The molecule has 0 spiro atoms. The number of nitrogens with zero attached hydrogens (tertiary/aromatic N) is 1. The van der Waals surface area contributed by atoms with Crippen LogP contribution < -0.4 is 10.6 Å². The monoisotopic (exact) mass is 269 g/mol. The fourth-order valence-corrected chi connectivity index (χ4v) is 2.77. The first-order valence-electron chi connectivity index (χ1n) is 7.61. The number of amides is 2. The summed E-state index contributed by atoms with van der Waals surface area (Å²) in [5, 5.41) is 14.8. The second-order valence-corrected chi connectivity index (χ2v) is 5.93. The van der Waals surface area contributed by atoms with Gasteiger partial charge in [-0.25, -0.2) is 4.79 Å². The van der Waals surface area contributed by atoms with Crippen molar-refractivity contribution in [3.63, 3.8) is 0 Å². The van der Waals surface area contributed by atoms with Gasteiger partial charge in [0.15, 0.2) is 0 Å².